The predicted molar refractivity (Wildman–Crippen MR) is 87.0 cm³/mol. The molecule has 0 aliphatic carbocycles. The Hall–Kier alpha value is -3.02. The average molecular weight is 312 g/mol. The van der Waals surface area contributed by atoms with Crippen LogP contribution in [0.25, 0.3) is 11.1 Å². The minimum atomic E-state index is -0.437. The highest BCUT2D eigenvalue weighted by atomic mass is 16.5. The first-order valence-electron chi connectivity index (χ1n) is 7.22. The van der Waals surface area contributed by atoms with E-state index in [1.165, 1.54) is 4.57 Å². The fourth-order valence-corrected chi connectivity index (χ4v) is 2.31. The van der Waals surface area contributed by atoms with Crippen molar-refractivity contribution in [2.24, 2.45) is 7.05 Å². The van der Waals surface area contributed by atoms with Crippen molar-refractivity contribution in [2.45, 2.75) is 6.92 Å². The number of fused-ring (bicyclic) bond motifs is 1. The van der Waals surface area contributed by atoms with Crippen molar-refractivity contribution in [1.82, 2.24) is 4.57 Å². The van der Waals surface area contributed by atoms with Crippen LogP contribution < -0.4 is 15.8 Å². The molecule has 23 heavy (non-hydrogen) atoms. The number of nitrogens with zero attached hydrogens (tertiary/aromatic N) is 1. The van der Waals surface area contributed by atoms with E-state index in [2.05, 4.69) is 5.32 Å². The molecule has 0 aliphatic heterocycles. The Morgan fingerprint density at radius 3 is 2.87 bits per heavy atom. The lowest BCUT2D eigenvalue weighted by atomic mass is 10.2. The van der Waals surface area contributed by atoms with Gasteiger partial charge in [-0.05, 0) is 37.3 Å². The van der Waals surface area contributed by atoms with Gasteiger partial charge in [-0.3, -0.25) is 9.36 Å². The Morgan fingerprint density at radius 1 is 1.26 bits per heavy atom. The second-order valence-electron chi connectivity index (χ2n) is 5.02. The molecule has 1 heterocycles. The fraction of sp³-hybridized carbons (Fsp3) is 0.176. The number of aryl methyl sites for hydroxylation is 1. The first-order valence-corrected chi connectivity index (χ1v) is 7.22. The smallest absolute Gasteiger partial charge is 0.419 e. The monoisotopic (exact) mass is 312 g/mol. The van der Waals surface area contributed by atoms with E-state index in [9.17, 15) is 9.59 Å². The van der Waals surface area contributed by atoms with Crippen LogP contribution in [0.1, 0.15) is 17.3 Å². The first kappa shape index (κ1) is 14.9. The van der Waals surface area contributed by atoms with Crippen molar-refractivity contribution < 1.29 is 13.9 Å². The van der Waals surface area contributed by atoms with Gasteiger partial charge in [-0.2, -0.15) is 0 Å². The maximum atomic E-state index is 12.3. The van der Waals surface area contributed by atoms with Crippen LogP contribution in [-0.4, -0.2) is 17.1 Å². The zero-order chi connectivity index (χ0) is 16.4. The molecule has 6 heteroatoms. The zero-order valence-corrected chi connectivity index (χ0v) is 12.8. The average Bonchev–Trinajstić information content (AvgIpc) is 2.82. The van der Waals surface area contributed by atoms with E-state index in [-0.39, 0.29) is 5.91 Å². The van der Waals surface area contributed by atoms with Crippen LogP contribution >= 0.6 is 0 Å². The summed E-state index contributed by atoms with van der Waals surface area (Å²) in [5.74, 6) is -0.0540. The molecule has 0 saturated heterocycles. The number of hydrogen-bond acceptors (Lipinski definition) is 4. The third-order valence-electron chi connectivity index (χ3n) is 3.46. The number of ether oxygens (including phenoxy) is 1. The summed E-state index contributed by atoms with van der Waals surface area (Å²) in [6.07, 6.45) is 0. The third-order valence-corrected chi connectivity index (χ3v) is 3.46. The van der Waals surface area contributed by atoms with Crippen LogP contribution in [0.4, 0.5) is 5.69 Å². The van der Waals surface area contributed by atoms with Gasteiger partial charge in [0.1, 0.15) is 5.75 Å². The highest BCUT2D eigenvalue weighted by Gasteiger charge is 2.10. The molecule has 0 unspecified atom stereocenters. The number of rotatable bonds is 4. The molecular weight excluding hydrogens is 296 g/mol. The highest BCUT2D eigenvalue weighted by Crippen LogP contribution is 2.19. The van der Waals surface area contributed by atoms with Crippen LogP contribution in [0, 0.1) is 0 Å². The first-order chi connectivity index (χ1) is 11.1. The normalized spacial score (nSPS) is 10.7. The van der Waals surface area contributed by atoms with Crippen molar-refractivity contribution in [1.29, 1.82) is 0 Å². The van der Waals surface area contributed by atoms with E-state index in [0.717, 1.165) is 0 Å². The van der Waals surface area contributed by atoms with Crippen molar-refractivity contribution in [2.75, 3.05) is 11.9 Å². The van der Waals surface area contributed by atoms with Gasteiger partial charge in [0.25, 0.3) is 5.91 Å². The van der Waals surface area contributed by atoms with Crippen molar-refractivity contribution in [3.05, 3.63) is 58.6 Å². The summed E-state index contributed by atoms with van der Waals surface area (Å²) < 4.78 is 11.9. The molecule has 0 spiro atoms. The lowest BCUT2D eigenvalue weighted by molar-refractivity contribution is 0.102. The molecule has 0 saturated carbocycles. The van der Waals surface area contributed by atoms with Gasteiger partial charge in [0.05, 0.1) is 12.1 Å². The topological polar surface area (TPSA) is 73.5 Å². The SMILES string of the molecule is CCOc1cccc(C(=O)Nc2ccc3c(c2)oc(=O)n3C)c1. The van der Waals surface area contributed by atoms with Crippen molar-refractivity contribution in [3.8, 4) is 5.75 Å². The van der Waals surface area contributed by atoms with Gasteiger partial charge in [0.2, 0.25) is 0 Å². The molecular formula is C17H16N2O4. The number of aromatic nitrogens is 1. The number of carbonyl (C=O) groups excluding carboxylic acids is 1. The molecule has 1 N–H and O–H groups in total. The van der Waals surface area contributed by atoms with E-state index in [1.54, 1.807) is 49.5 Å². The summed E-state index contributed by atoms with van der Waals surface area (Å²) in [5.41, 5.74) is 2.15. The number of benzene rings is 2. The van der Waals surface area contributed by atoms with Crippen molar-refractivity contribution >= 4 is 22.7 Å². The number of nitrogens with one attached hydrogen (secondary N) is 1. The van der Waals surface area contributed by atoms with Gasteiger partial charge in [-0.25, -0.2) is 4.79 Å². The van der Waals surface area contributed by atoms with Gasteiger partial charge in [-0.1, -0.05) is 6.07 Å². The number of carbonyl (C=O) groups is 1. The summed E-state index contributed by atoms with van der Waals surface area (Å²) in [4.78, 5) is 23.8. The molecule has 118 valence electrons. The van der Waals surface area contributed by atoms with Crippen LogP contribution in [-0.2, 0) is 7.05 Å². The van der Waals surface area contributed by atoms with Crippen molar-refractivity contribution in [3.63, 3.8) is 0 Å². The minimum absolute atomic E-state index is 0.260. The van der Waals surface area contributed by atoms with Gasteiger partial charge in [-0.15, -0.1) is 0 Å². The molecule has 0 fully saturated rings. The molecule has 0 aliphatic rings. The third kappa shape index (κ3) is 2.96. The Labute approximate surface area is 132 Å². The van der Waals surface area contributed by atoms with E-state index in [0.29, 0.717) is 34.7 Å². The number of oxazole rings is 1. The molecule has 0 bridgehead atoms. The quantitative estimate of drug-likeness (QED) is 0.804. The zero-order valence-electron chi connectivity index (χ0n) is 12.8. The van der Waals surface area contributed by atoms with E-state index < -0.39 is 5.76 Å². The van der Waals surface area contributed by atoms with Gasteiger partial charge in [0, 0.05) is 24.4 Å². The fourth-order valence-electron chi connectivity index (χ4n) is 2.31. The van der Waals surface area contributed by atoms with Gasteiger partial charge < -0.3 is 14.5 Å². The van der Waals surface area contributed by atoms with Crippen LogP contribution in [0.2, 0.25) is 0 Å². The van der Waals surface area contributed by atoms with Gasteiger partial charge >= 0.3 is 5.76 Å². The minimum Gasteiger partial charge on any atom is -0.494 e. The maximum absolute atomic E-state index is 12.3. The molecule has 0 radical (unpaired) electrons. The molecule has 3 aromatic rings. The predicted octanol–water partition coefficient (Wildman–Crippen LogP) is 2.78. The summed E-state index contributed by atoms with van der Waals surface area (Å²) in [5, 5.41) is 2.78. The summed E-state index contributed by atoms with van der Waals surface area (Å²) in [7, 11) is 1.63. The summed E-state index contributed by atoms with van der Waals surface area (Å²) in [6.45, 7) is 2.42. The van der Waals surface area contributed by atoms with Crippen LogP contribution in [0.5, 0.6) is 5.75 Å². The maximum Gasteiger partial charge on any atom is 0.419 e. The molecule has 1 amide bonds. The number of anilines is 1. The van der Waals surface area contributed by atoms with E-state index in [4.69, 9.17) is 9.15 Å². The summed E-state index contributed by atoms with van der Waals surface area (Å²) in [6, 6.07) is 12.0. The lowest BCUT2D eigenvalue weighted by Gasteiger charge is -2.07. The van der Waals surface area contributed by atoms with E-state index in [1.807, 2.05) is 6.92 Å². The van der Waals surface area contributed by atoms with Crippen LogP contribution in [0.3, 0.4) is 0 Å². The number of amides is 1. The molecule has 2 aromatic carbocycles. The Bertz CT molecular complexity index is 924. The largest absolute Gasteiger partial charge is 0.494 e. The molecule has 3 rings (SSSR count). The van der Waals surface area contributed by atoms with Gasteiger partial charge in [0.15, 0.2) is 5.58 Å². The second-order valence-corrected chi connectivity index (χ2v) is 5.02. The Balaban J connectivity index is 1.85. The molecule has 0 atom stereocenters. The second kappa shape index (κ2) is 6.00. The summed E-state index contributed by atoms with van der Waals surface area (Å²) >= 11 is 0. The van der Waals surface area contributed by atoms with Crippen LogP contribution in [0.15, 0.2) is 51.7 Å². The van der Waals surface area contributed by atoms with E-state index >= 15 is 0 Å². The lowest BCUT2D eigenvalue weighted by Crippen LogP contribution is -2.12. The molecule has 1 aromatic heterocycles. The standard InChI is InChI=1S/C17H16N2O4/c1-3-22-13-6-4-5-11(9-13)16(20)18-12-7-8-14-15(10-12)23-17(21)19(14)2/h4-10H,3H2,1-2H3,(H,18,20). The molecule has 6 nitrogen and oxygen atoms in total. The Morgan fingerprint density at radius 2 is 2.09 bits per heavy atom. The highest BCUT2D eigenvalue weighted by molar-refractivity contribution is 6.05. The Kier molecular flexibility index (Phi) is 3.89. The number of hydrogen-bond donors (Lipinski definition) is 1.